The van der Waals surface area contributed by atoms with Crippen LogP contribution in [0.5, 0.6) is 0 Å². The molecule has 2 aromatic carbocycles. The molecule has 3 aromatic rings. The fraction of sp³-hybridized carbons (Fsp3) is 0.158. The van der Waals surface area contributed by atoms with E-state index in [-0.39, 0.29) is 18.7 Å². The van der Waals surface area contributed by atoms with Gasteiger partial charge in [0.2, 0.25) is 0 Å². The molecule has 1 N–H and O–H groups in total. The molecule has 1 unspecified atom stereocenters. The summed E-state index contributed by atoms with van der Waals surface area (Å²) in [5.74, 6) is -1.06. The number of aliphatic carboxylic acids is 1. The summed E-state index contributed by atoms with van der Waals surface area (Å²) >= 11 is 13.4. The van der Waals surface area contributed by atoms with Crippen LogP contribution < -0.4 is 4.90 Å². The largest absolute Gasteiger partial charge is 0.480 e. The second-order valence-electron chi connectivity index (χ2n) is 6.50. The molecule has 0 radical (unpaired) electrons. The predicted molar refractivity (Wildman–Crippen MR) is 112 cm³/mol. The van der Waals surface area contributed by atoms with E-state index in [1.165, 1.54) is 17.4 Å². The molecule has 0 amide bonds. The smallest absolute Gasteiger partial charge is 0.326 e. The van der Waals surface area contributed by atoms with Crippen molar-refractivity contribution in [3.63, 3.8) is 0 Å². The van der Waals surface area contributed by atoms with Crippen LogP contribution in [0, 0.1) is 10.1 Å². The van der Waals surface area contributed by atoms with Crippen LogP contribution >= 0.6 is 34.5 Å². The van der Waals surface area contributed by atoms with Crippen LogP contribution in [0.25, 0.3) is 11.3 Å². The van der Waals surface area contributed by atoms with Gasteiger partial charge in [-0.3, -0.25) is 10.1 Å². The number of fused-ring (bicyclic) bond motifs is 1. The molecule has 4 rings (SSSR count). The summed E-state index contributed by atoms with van der Waals surface area (Å²) < 4.78 is 0. The SMILES string of the molecule is O=C(O)C1Cc2c(cccc2[N+](=O)[O-])CN1c1nc(-c2ccc(Cl)c(Cl)c2)cs1. The first-order valence-corrected chi connectivity index (χ1v) is 10.1. The van der Waals surface area contributed by atoms with Gasteiger partial charge in [0.05, 0.1) is 20.7 Å². The van der Waals surface area contributed by atoms with Crippen molar-refractivity contribution in [2.45, 2.75) is 19.0 Å². The van der Waals surface area contributed by atoms with Crippen LogP contribution in [0.3, 0.4) is 0 Å². The Hall–Kier alpha value is -2.68. The molecular weight excluding hydrogens is 437 g/mol. The Kier molecular flexibility index (Phi) is 5.16. The number of nitrogens with zero attached hydrogens (tertiary/aromatic N) is 3. The van der Waals surface area contributed by atoms with Gasteiger partial charge in [-0.1, -0.05) is 41.4 Å². The zero-order valence-electron chi connectivity index (χ0n) is 14.7. The summed E-state index contributed by atoms with van der Waals surface area (Å²) in [6, 6.07) is 9.01. The van der Waals surface area contributed by atoms with Gasteiger partial charge >= 0.3 is 5.97 Å². The van der Waals surface area contributed by atoms with Gasteiger partial charge in [-0.25, -0.2) is 9.78 Å². The first-order chi connectivity index (χ1) is 13.8. The number of hydrogen-bond donors (Lipinski definition) is 1. The summed E-state index contributed by atoms with van der Waals surface area (Å²) in [6.45, 7) is 0.225. The maximum atomic E-state index is 11.9. The number of benzene rings is 2. The maximum Gasteiger partial charge on any atom is 0.326 e. The Morgan fingerprint density at radius 3 is 2.76 bits per heavy atom. The molecule has 0 fully saturated rings. The van der Waals surface area contributed by atoms with Gasteiger partial charge in [-0.05, 0) is 17.7 Å². The Labute approximate surface area is 179 Å². The minimum Gasteiger partial charge on any atom is -0.480 e. The normalized spacial score (nSPS) is 15.8. The number of halogens is 2. The van der Waals surface area contributed by atoms with E-state index in [2.05, 4.69) is 4.98 Å². The lowest BCUT2D eigenvalue weighted by Gasteiger charge is -2.33. The minimum absolute atomic E-state index is 0.0313. The van der Waals surface area contributed by atoms with Gasteiger partial charge in [0.25, 0.3) is 5.69 Å². The number of carboxylic acid groups (broad SMARTS) is 1. The number of nitro groups is 1. The van der Waals surface area contributed by atoms with Crippen molar-refractivity contribution in [3.8, 4) is 11.3 Å². The molecule has 148 valence electrons. The molecule has 1 aromatic heterocycles. The van der Waals surface area contributed by atoms with Crippen molar-refractivity contribution >= 4 is 51.3 Å². The number of aromatic nitrogens is 1. The first-order valence-electron chi connectivity index (χ1n) is 8.50. The van der Waals surface area contributed by atoms with E-state index < -0.39 is 16.9 Å². The monoisotopic (exact) mass is 449 g/mol. The highest BCUT2D eigenvalue weighted by molar-refractivity contribution is 7.14. The van der Waals surface area contributed by atoms with Gasteiger partial charge < -0.3 is 10.0 Å². The molecule has 2 heterocycles. The lowest BCUT2D eigenvalue weighted by Crippen LogP contribution is -2.45. The Bertz CT molecular complexity index is 1130. The van der Waals surface area contributed by atoms with Crippen molar-refractivity contribution in [1.82, 2.24) is 4.98 Å². The van der Waals surface area contributed by atoms with E-state index in [9.17, 15) is 20.0 Å². The van der Waals surface area contributed by atoms with Gasteiger partial charge in [0.1, 0.15) is 6.04 Å². The highest BCUT2D eigenvalue weighted by Crippen LogP contribution is 2.37. The predicted octanol–water partition coefficient (Wildman–Crippen LogP) is 5.04. The van der Waals surface area contributed by atoms with Crippen LogP contribution in [-0.2, 0) is 17.8 Å². The average Bonchev–Trinajstić information content (AvgIpc) is 3.18. The Balaban J connectivity index is 1.72. The van der Waals surface area contributed by atoms with Gasteiger partial charge in [0, 0.05) is 35.5 Å². The third-order valence-electron chi connectivity index (χ3n) is 4.80. The van der Waals surface area contributed by atoms with E-state index in [0.717, 1.165) is 11.1 Å². The lowest BCUT2D eigenvalue weighted by molar-refractivity contribution is -0.385. The number of thiazole rings is 1. The molecule has 0 saturated carbocycles. The molecule has 1 atom stereocenters. The number of anilines is 1. The highest BCUT2D eigenvalue weighted by atomic mass is 35.5. The molecule has 1 aliphatic heterocycles. The molecule has 0 spiro atoms. The van der Waals surface area contributed by atoms with Crippen molar-refractivity contribution < 1.29 is 14.8 Å². The Morgan fingerprint density at radius 1 is 1.28 bits per heavy atom. The van der Waals surface area contributed by atoms with E-state index in [1.54, 1.807) is 35.2 Å². The summed E-state index contributed by atoms with van der Waals surface area (Å²) in [5, 5.41) is 24.3. The lowest BCUT2D eigenvalue weighted by atomic mass is 9.93. The van der Waals surface area contributed by atoms with E-state index in [0.29, 0.717) is 26.4 Å². The molecule has 0 aliphatic carbocycles. The van der Waals surface area contributed by atoms with Crippen molar-refractivity contribution in [2.75, 3.05) is 4.90 Å². The summed E-state index contributed by atoms with van der Waals surface area (Å²) in [5.41, 5.74) is 2.55. The summed E-state index contributed by atoms with van der Waals surface area (Å²) in [4.78, 5) is 29.0. The van der Waals surface area contributed by atoms with Crippen LogP contribution in [0.4, 0.5) is 10.8 Å². The van der Waals surface area contributed by atoms with Crippen molar-refractivity contribution in [1.29, 1.82) is 0 Å². The molecule has 7 nitrogen and oxygen atoms in total. The van der Waals surface area contributed by atoms with Crippen LogP contribution in [0.2, 0.25) is 10.0 Å². The third-order valence-corrected chi connectivity index (χ3v) is 6.41. The maximum absolute atomic E-state index is 11.9. The average molecular weight is 450 g/mol. The third kappa shape index (κ3) is 3.66. The minimum atomic E-state index is -1.06. The van der Waals surface area contributed by atoms with E-state index in [4.69, 9.17) is 23.2 Å². The molecule has 29 heavy (non-hydrogen) atoms. The fourth-order valence-corrected chi connectivity index (χ4v) is 4.56. The van der Waals surface area contributed by atoms with Crippen molar-refractivity contribution in [2.24, 2.45) is 0 Å². The van der Waals surface area contributed by atoms with Gasteiger partial charge in [-0.2, -0.15) is 0 Å². The highest BCUT2D eigenvalue weighted by Gasteiger charge is 2.36. The van der Waals surface area contributed by atoms with Crippen LogP contribution in [0.15, 0.2) is 41.8 Å². The number of hydrogen-bond acceptors (Lipinski definition) is 6. The van der Waals surface area contributed by atoms with E-state index >= 15 is 0 Å². The second kappa shape index (κ2) is 7.62. The van der Waals surface area contributed by atoms with E-state index in [1.807, 2.05) is 5.38 Å². The second-order valence-corrected chi connectivity index (χ2v) is 8.15. The zero-order chi connectivity index (χ0) is 20.7. The molecular formula is C19H13Cl2N3O4S. The first kappa shape index (κ1) is 19.6. The summed E-state index contributed by atoms with van der Waals surface area (Å²) in [7, 11) is 0. The topological polar surface area (TPSA) is 96.6 Å². The quantitative estimate of drug-likeness (QED) is 0.442. The Morgan fingerprint density at radius 2 is 2.07 bits per heavy atom. The number of rotatable bonds is 4. The number of carboxylic acids is 1. The fourth-order valence-electron chi connectivity index (χ4n) is 3.38. The molecule has 0 saturated heterocycles. The number of carbonyl (C=O) groups is 1. The van der Waals surface area contributed by atoms with Crippen LogP contribution in [0.1, 0.15) is 11.1 Å². The standard InChI is InChI=1S/C19H13Cl2N3O4S/c20-13-5-4-10(6-14(13)21)15-9-29-19(22-15)23-8-11-2-1-3-16(24(27)28)12(11)7-17(23)18(25)26/h1-6,9,17H,7-8H2,(H,25,26). The molecule has 0 bridgehead atoms. The molecule has 10 heteroatoms. The van der Waals surface area contributed by atoms with Gasteiger partial charge in [-0.15, -0.1) is 11.3 Å². The zero-order valence-corrected chi connectivity index (χ0v) is 17.0. The van der Waals surface area contributed by atoms with Crippen molar-refractivity contribution in [3.05, 3.63) is 73.1 Å². The summed E-state index contributed by atoms with van der Waals surface area (Å²) in [6.07, 6.45) is 0.0313. The van der Waals surface area contributed by atoms with Gasteiger partial charge in [0.15, 0.2) is 5.13 Å². The number of nitro benzene ring substituents is 1. The van der Waals surface area contributed by atoms with Crippen LogP contribution in [-0.4, -0.2) is 27.0 Å². The molecule has 1 aliphatic rings.